The van der Waals surface area contributed by atoms with Gasteiger partial charge >= 0.3 is 0 Å². The number of phenols is 1. The number of aromatic hydroxyl groups is 1. The van der Waals surface area contributed by atoms with Crippen molar-refractivity contribution >= 4 is 16.9 Å². The molecule has 142 valence electrons. The second kappa shape index (κ2) is 5.85. The van der Waals surface area contributed by atoms with E-state index in [-0.39, 0.29) is 5.75 Å². The molecule has 0 bridgehead atoms. The lowest BCUT2D eigenvalue weighted by molar-refractivity contribution is 0.333. The molecule has 2 N–H and O–H groups in total. The van der Waals surface area contributed by atoms with Crippen molar-refractivity contribution in [1.29, 1.82) is 0 Å². The zero-order valence-corrected chi connectivity index (χ0v) is 15.6. The number of nitrogens with zero attached hydrogens (tertiary/aromatic N) is 5. The van der Waals surface area contributed by atoms with Gasteiger partial charge in [-0.25, -0.2) is 0 Å². The highest BCUT2D eigenvalue weighted by Gasteiger charge is 2.47. The normalized spacial score (nSPS) is 22.6. The molecule has 1 aromatic carbocycles. The fraction of sp³-hybridized carbons (Fsp3) is 0.429. The van der Waals surface area contributed by atoms with Crippen LogP contribution >= 0.6 is 0 Å². The number of rotatable bonds is 2. The van der Waals surface area contributed by atoms with Gasteiger partial charge in [-0.1, -0.05) is 0 Å². The van der Waals surface area contributed by atoms with E-state index in [0.29, 0.717) is 28.4 Å². The third-order valence-corrected chi connectivity index (χ3v) is 6.51. The summed E-state index contributed by atoms with van der Waals surface area (Å²) in [5.41, 5.74) is 4.37. The molecule has 0 radical (unpaired) electrons. The summed E-state index contributed by atoms with van der Waals surface area (Å²) in [6.07, 6.45) is 9.23. The molecule has 1 aliphatic carbocycles. The van der Waals surface area contributed by atoms with Gasteiger partial charge in [0.05, 0.1) is 16.7 Å². The largest absolute Gasteiger partial charge is 0.507 e. The number of fused-ring (bicyclic) bond motifs is 2. The maximum Gasteiger partial charge on any atom is 0.154 e. The van der Waals surface area contributed by atoms with Crippen LogP contribution in [0, 0.1) is 0 Å². The van der Waals surface area contributed by atoms with Gasteiger partial charge in [0.2, 0.25) is 0 Å². The highest BCUT2D eigenvalue weighted by atomic mass is 16.3. The molecule has 1 saturated heterocycles. The molecule has 2 fully saturated rings. The minimum Gasteiger partial charge on any atom is -0.507 e. The van der Waals surface area contributed by atoms with Gasteiger partial charge in [0.25, 0.3) is 0 Å². The van der Waals surface area contributed by atoms with Crippen molar-refractivity contribution in [2.24, 2.45) is 0 Å². The minimum absolute atomic E-state index is 0.158. The Bertz CT molecular complexity index is 1080. The van der Waals surface area contributed by atoms with Crippen molar-refractivity contribution < 1.29 is 5.11 Å². The molecule has 7 nitrogen and oxygen atoms in total. The standard InChI is InChI=1S/C21H22N6O/c28-19-11-18-17(22-6-7-23-18)10-15(19)16-9-13-2-8-27(20(13)26-25-16)14-1-5-24-21(12-14)3-4-21/h6-7,9-11,14,24,28H,1-5,8,12H2/t14-/m0/s1. The first-order chi connectivity index (χ1) is 13.7. The van der Waals surface area contributed by atoms with E-state index in [2.05, 4.69) is 36.4 Å². The molecule has 28 heavy (non-hydrogen) atoms. The lowest BCUT2D eigenvalue weighted by Gasteiger charge is -2.37. The molecule has 4 heterocycles. The zero-order valence-electron chi connectivity index (χ0n) is 15.6. The van der Waals surface area contributed by atoms with Crippen LogP contribution < -0.4 is 10.2 Å². The zero-order chi connectivity index (χ0) is 18.7. The summed E-state index contributed by atoms with van der Waals surface area (Å²) < 4.78 is 0. The molecule has 0 amide bonds. The lowest BCUT2D eigenvalue weighted by atomic mass is 9.96. The van der Waals surface area contributed by atoms with E-state index in [1.165, 1.54) is 24.8 Å². The first-order valence-corrected chi connectivity index (χ1v) is 10.0. The Labute approximate surface area is 162 Å². The Balaban J connectivity index is 1.34. The van der Waals surface area contributed by atoms with Crippen LogP contribution in [0.3, 0.4) is 0 Å². The van der Waals surface area contributed by atoms with E-state index >= 15 is 0 Å². The summed E-state index contributed by atoms with van der Waals surface area (Å²) in [6.45, 7) is 2.09. The average Bonchev–Trinajstić information content (AvgIpc) is 3.32. The van der Waals surface area contributed by atoms with Crippen molar-refractivity contribution in [2.75, 3.05) is 18.0 Å². The molecule has 3 aromatic rings. The molecule has 2 aromatic heterocycles. The first-order valence-electron chi connectivity index (χ1n) is 10.0. The number of nitrogens with one attached hydrogen (secondary N) is 1. The van der Waals surface area contributed by atoms with Crippen LogP contribution in [0.2, 0.25) is 0 Å². The Kier molecular flexibility index (Phi) is 3.38. The summed E-state index contributed by atoms with van der Waals surface area (Å²) in [5, 5.41) is 23.2. The van der Waals surface area contributed by atoms with Gasteiger partial charge in [0.1, 0.15) is 5.75 Å². The summed E-state index contributed by atoms with van der Waals surface area (Å²) in [6, 6.07) is 6.11. The molecule has 6 rings (SSSR count). The Hall–Kier alpha value is -2.80. The minimum atomic E-state index is 0.158. The molecular formula is C21H22N6O. The van der Waals surface area contributed by atoms with Crippen LogP contribution in [0.1, 0.15) is 31.2 Å². The van der Waals surface area contributed by atoms with Gasteiger partial charge in [0.15, 0.2) is 5.82 Å². The Morgan fingerprint density at radius 1 is 1.07 bits per heavy atom. The fourth-order valence-electron chi connectivity index (χ4n) is 4.82. The van der Waals surface area contributed by atoms with Gasteiger partial charge in [-0.15, -0.1) is 10.2 Å². The predicted octanol–water partition coefficient (Wildman–Crippen LogP) is 2.44. The van der Waals surface area contributed by atoms with Crippen LogP contribution in [-0.4, -0.2) is 49.9 Å². The van der Waals surface area contributed by atoms with E-state index in [1.54, 1.807) is 18.5 Å². The Morgan fingerprint density at radius 2 is 1.89 bits per heavy atom. The monoisotopic (exact) mass is 374 g/mol. The van der Waals surface area contributed by atoms with Crippen LogP contribution in [0.15, 0.2) is 30.6 Å². The van der Waals surface area contributed by atoms with E-state index < -0.39 is 0 Å². The third-order valence-electron chi connectivity index (χ3n) is 6.51. The Morgan fingerprint density at radius 3 is 2.71 bits per heavy atom. The van der Waals surface area contributed by atoms with Crippen molar-refractivity contribution in [2.45, 2.75) is 43.7 Å². The summed E-state index contributed by atoms with van der Waals surface area (Å²) >= 11 is 0. The highest BCUT2D eigenvalue weighted by Crippen LogP contribution is 2.44. The van der Waals surface area contributed by atoms with Gasteiger partial charge in [-0.2, -0.15) is 0 Å². The van der Waals surface area contributed by atoms with Gasteiger partial charge in [-0.05, 0) is 50.8 Å². The smallest absolute Gasteiger partial charge is 0.154 e. The molecule has 1 spiro atoms. The van der Waals surface area contributed by atoms with Gasteiger partial charge in [-0.3, -0.25) is 9.97 Å². The van der Waals surface area contributed by atoms with E-state index in [4.69, 9.17) is 0 Å². The van der Waals surface area contributed by atoms with Crippen molar-refractivity contribution in [3.8, 4) is 17.0 Å². The topological polar surface area (TPSA) is 87.1 Å². The van der Waals surface area contributed by atoms with Crippen molar-refractivity contribution in [1.82, 2.24) is 25.5 Å². The van der Waals surface area contributed by atoms with Crippen LogP contribution in [0.4, 0.5) is 5.82 Å². The first kappa shape index (κ1) is 16.2. The molecule has 0 unspecified atom stereocenters. The number of hydrogen-bond acceptors (Lipinski definition) is 7. The molecular weight excluding hydrogens is 352 g/mol. The average molecular weight is 374 g/mol. The number of phenolic OH excluding ortho intramolecular Hbond substituents is 1. The second-order valence-corrected chi connectivity index (χ2v) is 8.29. The predicted molar refractivity (Wildman–Crippen MR) is 106 cm³/mol. The maximum atomic E-state index is 10.5. The van der Waals surface area contributed by atoms with Crippen LogP contribution in [0.25, 0.3) is 22.3 Å². The van der Waals surface area contributed by atoms with E-state index in [0.717, 1.165) is 37.3 Å². The van der Waals surface area contributed by atoms with Crippen molar-refractivity contribution in [3.63, 3.8) is 0 Å². The molecule has 1 saturated carbocycles. The molecule has 3 aliphatic rings. The fourth-order valence-corrected chi connectivity index (χ4v) is 4.82. The summed E-state index contributed by atoms with van der Waals surface area (Å²) in [5.74, 6) is 1.18. The molecule has 1 atom stereocenters. The number of aromatic nitrogens is 4. The van der Waals surface area contributed by atoms with Crippen LogP contribution in [-0.2, 0) is 6.42 Å². The van der Waals surface area contributed by atoms with Crippen molar-refractivity contribution in [3.05, 3.63) is 36.2 Å². The maximum absolute atomic E-state index is 10.5. The second-order valence-electron chi connectivity index (χ2n) is 8.29. The lowest BCUT2D eigenvalue weighted by Crippen LogP contribution is -2.49. The van der Waals surface area contributed by atoms with Gasteiger partial charge < -0.3 is 15.3 Å². The van der Waals surface area contributed by atoms with E-state index in [1.807, 2.05) is 6.07 Å². The highest BCUT2D eigenvalue weighted by molar-refractivity contribution is 5.84. The summed E-state index contributed by atoms with van der Waals surface area (Å²) in [4.78, 5) is 11.0. The quantitative estimate of drug-likeness (QED) is 0.712. The van der Waals surface area contributed by atoms with E-state index in [9.17, 15) is 5.11 Å². The molecule has 2 aliphatic heterocycles. The van der Waals surface area contributed by atoms with Gasteiger partial charge in [0, 0.05) is 47.7 Å². The number of piperidine rings is 1. The number of hydrogen-bond donors (Lipinski definition) is 2. The summed E-state index contributed by atoms with van der Waals surface area (Å²) in [7, 11) is 0. The molecule has 7 heteroatoms. The third kappa shape index (κ3) is 2.53. The van der Waals surface area contributed by atoms with Crippen LogP contribution in [0.5, 0.6) is 5.75 Å². The number of anilines is 1. The SMILES string of the molecule is Oc1cc2nccnc2cc1-c1cc2c(nn1)N([C@H]1CCNC3(CC3)C1)CC2. The number of benzene rings is 1.